The largest absolute Gasteiger partial charge is 0.326 e. The summed E-state index contributed by atoms with van der Waals surface area (Å²) in [5, 5.41) is 0. The van der Waals surface area contributed by atoms with E-state index in [-0.39, 0.29) is 11.8 Å². The van der Waals surface area contributed by atoms with E-state index in [1.165, 1.54) is 0 Å². The Hall–Kier alpha value is -0.910. The third kappa shape index (κ3) is 4.03. The zero-order valence-corrected chi connectivity index (χ0v) is 12.1. The van der Waals surface area contributed by atoms with Gasteiger partial charge in [0.1, 0.15) is 0 Å². The first kappa shape index (κ1) is 14.5. The van der Waals surface area contributed by atoms with Crippen LogP contribution < -0.4 is 10.5 Å². The van der Waals surface area contributed by atoms with Crippen LogP contribution in [0.2, 0.25) is 0 Å². The van der Waals surface area contributed by atoms with E-state index in [2.05, 4.69) is 11.6 Å². The summed E-state index contributed by atoms with van der Waals surface area (Å²) >= 11 is 0. The molecule has 0 aromatic heterocycles. The molecule has 2 unspecified atom stereocenters. The minimum atomic E-state index is -3.26. The SMILES string of the molecule is CCCC1CC1NS(=O)(=O)Cc1ccccc1CN. The van der Waals surface area contributed by atoms with Gasteiger partial charge in [0, 0.05) is 12.6 Å². The van der Waals surface area contributed by atoms with Crippen molar-refractivity contribution in [3.63, 3.8) is 0 Å². The Balaban J connectivity index is 1.98. The Morgan fingerprint density at radius 1 is 1.32 bits per heavy atom. The summed E-state index contributed by atoms with van der Waals surface area (Å²) in [5.41, 5.74) is 7.32. The second-order valence-corrected chi connectivity index (χ2v) is 6.99. The molecule has 1 aliphatic carbocycles. The maximum atomic E-state index is 12.1. The van der Waals surface area contributed by atoms with Gasteiger partial charge in [0.15, 0.2) is 0 Å². The first-order valence-corrected chi connectivity index (χ1v) is 8.47. The fourth-order valence-corrected chi connectivity index (χ4v) is 3.98. The average Bonchev–Trinajstić information content (AvgIpc) is 3.07. The summed E-state index contributed by atoms with van der Waals surface area (Å²) in [4.78, 5) is 0. The molecule has 3 N–H and O–H groups in total. The van der Waals surface area contributed by atoms with Crippen LogP contribution >= 0.6 is 0 Å². The quantitative estimate of drug-likeness (QED) is 0.800. The van der Waals surface area contributed by atoms with Gasteiger partial charge in [-0.05, 0) is 29.9 Å². The fraction of sp³-hybridized carbons (Fsp3) is 0.571. The van der Waals surface area contributed by atoms with Gasteiger partial charge in [0.2, 0.25) is 10.0 Å². The van der Waals surface area contributed by atoms with Crippen molar-refractivity contribution < 1.29 is 8.42 Å². The zero-order valence-electron chi connectivity index (χ0n) is 11.3. The molecular weight excluding hydrogens is 260 g/mol. The van der Waals surface area contributed by atoms with Crippen LogP contribution in [-0.4, -0.2) is 14.5 Å². The van der Waals surface area contributed by atoms with Gasteiger partial charge in [0.05, 0.1) is 5.75 Å². The van der Waals surface area contributed by atoms with Crippen LogP contribution in [0.1, 0.15) is 37.3 Å². The van der Waals surface area contributed by atoms with E-state index in [1.807, 2.05) is 24.3 Å². The smallest absolute Gasteiger partial charge is 0.216 e. The minimum absolute atomic E-state index is 0.0235. The molecule has 0 heterocycles. The normalized spacial score (nSPS) is 22.4. The number of nitrogens with one attached hydrogen (secondary N) is 1. The molecule has 1 aromatic carbocycles. The summed E-state index contributed by atoms with van der Waals surface area (Å²) in [6, 6.07) is 7.58. The maximum Gasteiger partial charge on any atom is 0.216 e. The molecule has 0 aliphatic heterocycles. The van der Waals surface area contributed by atoms with Crippen molar-refractivity contribution in [1.82, 2.24) is 4.72 Å². The number of nitrogens with two attached hydrogens (primary N) is 1. The van der Waals surface area contributed by atoms with Crippen molar-refractivity contribution in [1.29, 1.82) is 0 Å². The topological polar surface area (TPSA) is 72.2 Å². The van der Waals surface area contributed by atoms with Crippen molar-refractivity contribution in [2.24, 2.45) is 11.7 Å². The molecule has 1 saturated carbocycles. The fourth-order valence-electron chi connectivity index (χ4n) is 2.46. The van der Waals surface area contributed by atoms with Crippen LogP contribution in [0.15, 0.2) is 24.3 Å². The van der Waals surface area contributed by atoms with Crippen LogP contribution in [-0.2, 0) is 22.3 Å². The first-order valence-electron chi connectivity index (χ1n) is 6.82. The van der Waals surface area contributed by atoms with E-state index in [0.717, 1.165) is 30.4 Å². The van der Waals surface area contributed by atoms with Crippen LogP contribution in [0.5, 0.6) is 0 Å². The molecule has 2 atom stereocenters. The lowest BCUT2D eigenvalue weighted by Crippen LogP contribution is -2.28. The van der Waals surface area contributed by atoms with Gasteiger partial charge in [0.25, 0.3) is 0 Å². The Kier molecular flexibility index (Phi) is 4.60. The van der Waals surface area contributed by atoms with Crippen LogP contribution in [0, 0.1) is 5.92 Å². The monoisotopic (exact) mass is 282 g/mol. The zero-order chi connectivity index (χ0) is 13.9. The average molecular weight is 282 g/mol. The van der Waals surface area contributed by atoms with E-state index in [1.54, 1.807) is 0 Å². The Bertz CT molecular complexity index is 528. The molecule has 0 saturated heterocycles. The van der Waals surface area contributed by atoms with E-state index in [9.17, 15) is 8.42 Å². The van der Waals surface area contributed by atoms with Gasteiger partial charge in [-0.1, -0.05) is 37.6 Å². The van der Waals surface area contributed by atoms with Crippen LogP contribution in [0.4, 0.5) is 0 Å². The summed E-state index contributed by atoms with van der Waals surface area (Å²) in [7, 11) is -3.26. The second-order valence-electron chi connectivity index (χ2n) is 5.24. The Morgan fingerprint density at radius 2 is 2.00 bits per heavy atom. The van der Waals surface area contributed by atoms with Crippen LogP contribution in [0.25, 0.3) is 0 Å². The van der Waals surface area contributed by atoms with Crippen molar-refractivity contribution >= 4 is 10.0 Å². The van der Waals surface area contributed by atoms with Crippen LogP contribution in [0.3, 0.4) is 0 Å². The highest BCUT2D eigenvalue weighted by molar-refractivity contribution is 7.88. The van der Waals surface area contributed by atoms with Gasteiger partial charge in [-0.2, -0.15) is 0 Å². The molecule has 0 bridgehead atoms. The van der Waals surface area contributed by atoms with Gasteiger partial charge in [-0.3, -0.25) is 0 Å². The molecule has 2 rings (SSSR count). The number of rotatable bonds is 7. The summed E-state index contributed by atoms with van der Waals surface area (Å²) < 4.78 is 27.0. The van der Waals surface area contributed by atoms with Gasteiger partial charge in [-0.25, -0.2) is 13.1 Å². The molecule has 5 heteroatoms. The standard InChI is InChI=1S/C14H22N2O2S/c1-2-5-11-8-14(11)16-19(17,18)10-13-7-4-3-6-12(13)9-15/h3-4,6-7,11,14,16H,2,5,8-10,15H2,1H3. The Morgan fingerprint density at radius 3 is 2.63 bits per heavy atom. The highest BCUT2D eigenvalue weighted by Gasteiger charge is 2.38. The van der Waals surface area contributed by atoms with Crippen molar-refractivity contribution in [2.45, 2.75) is 44.5 Å². The van der Waals surface area contributed by atoms with Gasteiger partial charge < -0.3 is 5.73 Å². The molecule has 19 heavy (non-hydrogen) atoms. The van der Waals surface area contributed by atoms with Gasteiger partial charge in [-0.15, -0.1) is 0 Å². The Labute approximate surface area is 115 Å². The predicted molar refractivity (Wildman–Crippen MR) is 76.9 cm³/mol. The highest BCUT2D eigenvalue weighted by Crippen LogP contribution is 2.35. The van der Waals surface area contributed by atoms with Crippen molar-refractivity contribution in [2.75, 3.05) is 0 Å². The maximum absolute atomic E-state index is 12.1. The highest BCUT2D eigenvalue weighted by atomic mass is 32.2. The summed E-state index contributed by atoms with van der Waals surface area (Å²) in [6.45, 7) is 2.49. The molecule has 0 amide bonds. The second kappa shape index (κ2) is 6.03. The lowest BCUT2D eigenvalue weighted by molar-refractivity contribution is 0.572. The molecule has 1 aliphatic rings. The third-order valence-corrected chi connectivity index (χ3v) is 4.95. The van der Waals surface area contributed by atoms with E-state index >= 15 is 0 Å². The first-order chi connectivity index (χ1) is 9.05. The number of benzene rings is 1. The van der Waals surface area contributed by atoms with E-state index in [4.69, 9.17) is 5.73 Å². The molecule has 1 aromatic rings. The van der Waals surface area contributed by atoms with Gasteiger partial charge >= 0.3 is 0 Å². The third-order valence-electron chi connectivity index (χ3n) is 3.60. The molecule has 0 spiro atoms. The molecular formula is C14H22N2O2S. The van der Waals surface area contributed by atoms with Crippen molar-refractivity contribution in [3.8, 4) is 0 Å². The minimum Gasteiger partial charge on any atom is -0.326 e. The summed E-state index contributed by atoms with van der Waals surface area (Å²) in [5.74, 6) is 0.555. The molecule has 4 nitrogen and oxygen atoms in total. The lowest BCUT2D eigenvalue weighted by Gasteiger charge is -2.09. The lowest BCUT2D eigenvalue weighted by atomic mass is 10.1. The predicted octanol–water partition coefficient (Wildman–Crippen LogP) is 1.75. The number of hydrogen-bond acceptors (Lipinski definition) is 3. The molecule has 0 radical (unpaired) electrons. The van der Waals surface area contributed by atoms with Crippen molar-refractivity contribution in [3.05, 3.63) is 35.4 Å². The van der Waals surface area contributed by atoms with E-state index in [0.29, 0.717) is 12.5 Å². The molecule has 106 valence electrons. The number of hydrogen-bond donors (Lipinski definition) is 2. The summed E-state index contributed by atoms with van der Waals surface area (Å²) in [6.07, 6.45) is 3.19. The number of sulfonamides is 1. The molecule has 1 fully saturated rings. The van der Waals surface area contributed by atoms with E-state index < -0.39 is 10.0 Å².